The number of aromatic nitrogens is 2. The van der Waals surface area contributed by atoms with Crippen LogP contribution in [-0.2, 0) is 28.9 Å². The van der Waals surface area contributed by atoms with Crippen molar-refractivity contribution >= 4 is 50.4 Å². The van der Waals surface area contributed by atoms with E-state index in [9.17, 15) is 14.7 Å². The van der Waals surface area contributed by atoms with Crippen molar-refractivity contribution in [3.63, 3.8) is 0 Å². The quantitative estimate of drug-likeness (QED) is 0.111. The van der Waals surface area contributed by atoms with Crippen molar-refractivity contribution in [2.24, 2.45) is 4.99 Å². The van der Waals surface area contributed by atoms with Crippen molar-refractivity contribution < 1.29 is 43.9 Å². The third-order valence-corrected chi connectivity index (χ3v) is 5.95. The van der Waals surface area contributed by atoms with Crippen LogP contribution >= 0.6 is 0 Å². The number of aliphatic imine (C=N–C) groups is 1. The molecule has 3 heterocycles. The average Bonchev–Trinajstić information content (AvgIpc) is 3.68. The van der Waals surface area contributed by atoms with Crippen LogP contribution in [0.1, 0.15) is 15.9 Å². The molecular weight excluding hydrogens is 587 g/mol. The first-order valence-electron chi connectivity index (χ1n) is 11.7. The number of amides is 2. The molecule has 0 spiro atoms. The molecule has 10 nitrogen and oxygen atoms in total. The molecule has 6 rings (SSSR count). The predicted molar refractivity (Wildman–Crippen MR) is 139 cm³/mol. The van der Waals surface area contributed by atoms with Crippen molar-refractivity contribution in [1.29, 1.82) is 0 Å². The van der Waals surface area contributed by atoms with Gasteiger partial charge in [-0.25, -0.2) is 4.99 Å². The van der Waals surface area contributed by atoms with Gasteiger partial charge in [0.05, 0.1) is 29.1 Å². The Labute approximate surface area is 237 Å². The van der Waals surface area contributed by atoms with Crippen molar-refractivity contribution in [1.82, 2.24) is 20.6 Å². The van der Waals surface area contributed by atoms with Gasteiger partial charge in [-0.05, 0) is 37.8 Å². The van der Waals surface area contributed by atoms with E-state index in [1.165, 1.54) is 0 Å². The summed E-state index contributed by atoms with van der Waals surface area (Å²) in [7, 11) is 0. The number of aliphatic hydroxyl groups is 1. The smallest absolute Gasteiger partial charge is 2.00 e. The number of rotatable bonds is 6. The van der Waals surface area contributed by atoms with Crippen LogP contribution in [0, 0.1) is 38.3 Å². The number of benzene rings is 2. The molecule has 4 N–H and O–H groups in total. The standard InChI is InChI=1S/C17H9N3O2.C10H15N2O2.CO.Ru/c21-16-12-9-5-3-7-18-14(9)15-11(13(12)17(22)20-16)8-4-1-2-6-10(8)19-15;13-8-7-11-5-6-12-10(14)9-3-1-2-4-9;1-2;/h1-7,19H,(H,20,21,22);1-4,11,13H,5-8H2,(H,12,14);;/q;;;+2/p-1. The molecule has 2 aliphatic rings. The van der Waals surface area contributed by atoms with Crippen molar-refractivity contribution in [3.05, 3.63) is 92.0 Å². The largest absolute Gasteiger partial charge is 2.00 e. The van der Waals surface area contributed by atoms with Gasteiger partial charge in [-0.1, -0.05) is 24.3 Å². The summed E-state index contributed by atoms with van der Waals surface area (Å²) >= 11 is 0. The molecule has 39 heavy (non-hydrogen) atoms. The van der Waals surface area contributed by atoms with Gasteiger partial charge in [0.1, 0.15) is 0 Å². The maximum Gasteiger partial charge on any atom is 2.00 e. The van der Waals surface area contributed by atoms with E-state index < -0.39 is 11.8 Å². The second-order valence-electron chi connectivity index (χ2n) is 8.20. The second kappa shape index (κ2) is 14.1. The molecule has 0 bridgehead atoms. The minimum atomic E-state index is -0.481. The number of nitrogens with one attached hydrogen (secondary N) is 3. The molecule has 1 fully saturated rings. The molecule has 4 aromatic rings. The predicted octanol–water partition coefficient (Wildman–Crippen LogP) is 1.18. The first-order valence-corrected chi connectivity index (χ1v) is 11.7. The molecule has 5 radical (unpaired) electrons. The van der Waals surface area contributed by atoms with E-state index in [-0.39, 0.29) is 32.0 Å². The van der Waals surface area contributed by atoms with Crippen LogP contribution in [0.5, 0.6) is 0 Å². The zero-order chi connectivity index (χ0) is 27.1. The molecule has 0 atom stereocenters. The van der Waals surface area contributed by atoms with Gasteiger partial charge < -0.3 is 25.8 Å². The monoisotopic (exact) mass is 611 g/mol. The summed E-state index contributed by atoms with van der Waals surface area (Å²) in [6.45, 7) is 6.43. The molecule has 0 unspecified atom stereocenters. The van der Waals surface area contributed by atoms with Crippen molar-refractivity contribution in [2.75, 3.05) is 26.2 Å². The molecular formula is C28H23N5O5Ru+. The summed E-state index contributed by atoms with van der Waals surface area (Å²) in [4.78, 5) is 34.9. The number of carbonyl (C=O) groups is 2. The van der Waals surface area contributed by atoms with Crippen LogP contribution < -0.4 is 15.7 Å². The molecule has 2 aromatic heterocycles. The third kappa shape index (κ3) is 6.24. The van der Waals surface area contributed by atoms with Crippen LogP contribution in [0.2, 0.25) is 0 Å². The molecule has 1 saturated carbocycles. The Morgan fingerprint density at radius 1 is 1.03 bits per heavy atom. The average molecular weight is 611 g/mol. The van der Waals surface area contributed by atoms with E-state index >= 15 is 0 Å². The molecule has 11 heteroatoms. The number of aromatic amines is 1. The van der Waals surface area contributed by atoms with Gasteiger partial charge in [-0.15, -0.1) is 0 Å². The number of carbonyl (C=O) groups excluding carboxylic acids is 2. The summed E-state index contributed by atoms with van der Waals surface area (Å²) in [5.41, 5.74) is 3.12. The minimum absolute atomic E-state index is 0. The summed E-state index contributed by atoms with van der Waals surface area (Å²) in [6.07, 6.45) is 8.89. The Balaban J connectivity index is 0.000000217. The van der Waals surface area contributed by atoms with Gasteiger partial charge in [0.15, 0.2) is 0 Å². The number of H-pyrrole nitrogens is 1. The van der Waals surface area contributed by atoms with E-state index in [4.69, 9.17) is 9.76 Å². The molecule has 1 aliphatic heterocycles. The normalized spacial score (nSPS) is 14.1. The van der Waals surface area contributed by atoms with E-state index in [0.29, 0.717) is 47.6 Å². The summed E-state index contributed by atoms with van der Waals surface area (Å²) in [6, 6.07) is 11.3. The van der Waals surface area contributed by atoms with Crippen LogP contribution in [0.15, 0.2) is 47.6 Å². The Morgan fingerprint density at radius 2 is 1.74 bits per heavy atom. The van der Waals surface area contributed by atoms with Crippen LogP contribution in [0.3, 0.4) is 0 Å². The van der Waals surface area contributed by atoms with E-state index in [1.807, 2.05) is 37.1 Å². The topological polar surface area (TPSA) is 162 Å². The second-order valence-corrected chi connectivity index (χ2v) is 8.20. The Hall–Kier alpha value is -3.46. The number of hydrogen-bond acceptors (Lipinski definition) is 6. The van der Waals surface area contributed by atoms with Gasteiger partial charge in [-0.2, -0.15) is 0 Å². The Kier molecular flexibility index (Phi) is 10.9. The van der Waals surface area contributed by atoms with Gasteiger partial charge in [0, 0.05) is 59.0 Å². The van der Waals surface area contributed by atoms with Gasteiger partial charge in [0.2, 0.25) is 5.91 Å². The van der Waals surface area contributed by atoms with Crippen LogP contribution in [-0.4, -0.2) is 59.0 Å². The zero-order valence-corrected chi connectivity index (χ0v) is 22.2. The van der Waals surface area contributed by atoms with Crippen LogP contribution in [0.4, 0.5) is 0 Å². The maximum atomic E-state index is 12.3. The first kappa shape index (κ1) is 30.1. The van der Waals surface area contributed by atoms with E-state index in [2.05, 4.69) is 32.2 Å². The van der Waals surface area contributed by atoms with E-state index in [0.717, 1.165) is 21.8 Å². The fourth-order valence-corrected chi connectivity index (χ4v) is 4.38. The molecule has 197 valence electrons. The Morgan fingerprint density at radius 3 is 2.49 bits per heavy atom. The number of fused-ring (bicyclic) bond motifs is 8. The summed E-state index contributed by atoms with van der Waals surface area (Å²) in [5, 5.41) is 28.8. The fraction of sp³-hybridized carbons (Fsp3) is 0.143. The number of para-hydroxylation sites is 1. The Bertz CT molecular complexity index is 1520. The third-order valence-electron chi connectivity index (χ3n) is 5.95. The van der Waals surface area contributed by atoms with Crippen LogP contribution in [0.25, 0.3) is 32.7 Å². The SMILES string of the molecule is O=C(NCCNCCO)[C]1[CH][CH][CH][CH]1.O=C1N=C([O-])c2c1c1cccnc1c1[nH]c3ccccc3c21.[C-]#[O+].[Ru+2]. The minimum Gasteiger partial charge on any atom is 2.00 e. The molecule has 2 aromatic carbocycles. The van der Waals surface area contributed by atoms with Gasteiger partial charge in [-0.3, -0.25) is 14.6 Å². The number of hydrogen-bond donors (Lipinski definition) is 4. The number of pyridine rings is 1. The maximum absolute atomic E-state index is 12.3. The van der Waals surface area contributed by atoms with Gasteiger partial charge >= 0.3 is 30.8 Å². The fourth-order valence-electron chi connectivity index (χ4n) is 4.38. The van der Waals surface area contributed by atoms with Crippen molar-refractivity contribution in [3.8, 4) is 0 Å². The molecule has 0 saturated heterocycles. The summed E-state index contributed by atoms with van der Waals surface area (Å²) in [5.74, 6) is -0.321. The first-order chi connectivity index (χ1) is 18.6. The number of nitrogens with zero attached hydrogens (tertiary/aromatic N) is 2. The molecule has 1 aliphatic carbocycles. The van der Waals surface area contributed by atoms with Crippen molar-refractivity contribution in [2.45, 2.75) is 0 Å². The molecule has 2 amide bonds. The summed E-state index contributed by atoms with van der Waals surface area (Å²) < 4.78 is 7.50. The van der Waals surface area contributed by atoms with Gasteiger partial charge in [0.25, 0.3) is 5.91 Å². The number of aliphatic hydroxyl groups excluding tert-OH is 1. The zero-order valence-electron chi connectivity index (χ0n) is 20.5. The van der Waals surface area contributed by atoms with E-state index in [1.54, 1.807) is 31.2 Å².